The Morgan fingerprint density at radius 3 is 1.80 bits per heavy atom. The molecule has 1 atom stereocenters. The Bertz CT molecular complexity index is 3910. The summed E-state index contributed by atoms with van der Waals surface area (Å²) in [5.41, 5.74) is 14.3. The highest BCUT2D eigenvalue weighted by Crippen LogP contribution is 2.61. The van der Waals surface area contributed by atoms with Gasteiger partial charge in [0.05, 0.1) is 16.4 Å². The molecule has 0 amide bonds. The van der Waals surface area contributed by atoms with E-state index in [1.165, 1.54) is 97.3 Å². The van der Waals surface area contributed by atoms with Gasteiger partial charge in [0.1, 0.15) is 0 Å². The third-order valence-electron chi connectivity index (χ3n) is 14.0. The molecule has 14 rings (SSSR count). The second kappa shape index (κ2) is 13.6. The van der Waals surface area contributed by atoms with Crippen LogP contribution in [0.3, 0.4) is 0 Å². The third-order valence-corrected chi connectivity index (χ3v) is 15.1. The fourth-order valence-corrected chi connectivity index (χ4v) is 12.5. The van der Waals surface area contributed by atoms with E-state index in [-0.39, 0.29) is 0 Å². The Balaban J connectivity index is 1.01. The molecule has 298 valence electrons. The van der Waals surface area contributed by atoms with Crippen molar-refractivity contribution in [3.8, 4) is 16.8 Å². The Morgan fingerprint density at radius 1 is 0.344 bits per heavy atom. The van der Waals surface area contributed by atoms with Gasteiger partial charge >= 0.3 is 0 Å². The first-order valence-electron chi connectivity index (χ1n) is 22.1. The maximum Gasteiger partial charge on any atom is 0.0735 e. The van der Waals surface area contributed by atoms with Gasteiger partial charge in [0, 0.05) is 43.3 Å². The first kappa shape index (κ1) is 35.7. The van der Waals surface area contributed by atoms with Crippen LogP contribution in [0, 0.1) is 0 Å². The molecule has 1 unspecified atom stereocenters. The summed E-state index contributed by atoms with van der Waals surface area (Å²) in [5.74, 6) is 0. The molecule has 1 aromatic heterocycles. The van der Waals surface area contributed by atoms with Crippen LogP contribution in [0.15, 0.2) is 240 Å². The van der Waals surface area contributed by atoms with Crippen molar-refractivity contribution < 1.29 is 0 Å². The van der Waals surface area contributed by atoms with Crippen LogP contribution >= 0.6 is 11.8 Å². The molecule has 0 saturated heterocycles. The molecule has 2 nitrogen and oxygen atoms in total. The summed E-state index contributed by atoms with van der Waals surface area (Å²) in [6.45, 7) is 0. The van der Waals surface area contributed by atoms with Gasteiger partial charge in [-0.2, -0.15) is 0 Å². The number of benzene rings is 11. The van der Waals surface area contributed by atoms with Crippen molar-refractivity contribution in [2.75, 3.05) is 4.90 Å². The zero-order chi connectivity index (χ0) is 41.9. The third kappa shape index (κ3) is 4.99. The molecule has 0 bridgehead atoms. The van der Waals surface area contributed by atoms with Crippen LogP contribution in [0.2, 0.25) is 0 Å². The lowest BCUT2D eigenvalue weighted by molar-refractivity contribution is 0.707. The fraction of sp³-hybridized carbons (Fsp3) is 0.0164. The molecule has 64 heavy (non-hydrogen) atoms. The summed E-state index contributed by atoms with van der Waals surface area (Å²) in [7, 11) is 0. The predicted molar refractivity (Wildman–Crippen MR) is 269 cm³/mol. The monoisotopic (exact) mass is 830 g/mol. The van der Waals surface area contributed by atoms with Gasteiger partial charge in [-0.15, -0.1) is 0 Å². The first-order chi connectivity index (χ1) is 31.7. The van der Waals surface area contributed by atoms with Crippen LogP contribution < -0.4 is 4.90 Å². The van der Waals surface area contributed by atoms with E-state index in [1.807, 2.05) is 11.8 Å². The molecule has 2 aliphatic rings. The normalized spacial score (nSPS) is 14.9. The topological polar surface area (TPSA) is 8.17 Å². The lowest BCUT2D eigenvalue weighted by atomic mass is 9.59. The lowest BCUT2D eigenvalue weighted by Crippen LogP contribution is -2.36. The first-order valence-corrected chi connectivity index (χ1v) is 22.9. The number of fused-ring (bicyclic) bond motifs is 13. The highest BCUT2D eigenvalue weighted by molar-refractivity contribution is 7.99. The van der Waals surface area contributed by atoms with Gasteiger partial charge in [-0.05, 0) is 132 Å². The second-order valence-corrected chi connectivity index (χ2v) is 18.3. The summed E-state index contributed by atoms with van der Waals surface area (Å²) >= 11 is 1.90. The van der Waals surface area contributed by atoms with Crippen LogP contribution in [0.5, 0.6) is 0 Å². The van der Waals surface area contributed by atoms with Crippen LogP contribution in [-0.4, -0.2) is 4.57 Å². The molecule has 0 saturated carbocycles. The van der Waals surface area contributed by atoms with E-state index in [4.69, 9.17) is 0 Å². The minimum Gasteiger partial charge on any atom is -0.310 e. The molecule has 1 aliphatic heterocycles. The summed E-state index contributed by atoms with van der Waals surface area (Å²) in [6.07, 6.45) is 0. The van der Waals surface area contributed by atoms with Crippen molar-refractivity contribution in [2.24, 2.45) is 0 Å². The second-order valence-electron chi connectivity index (χ2n) is 17.2. The lowest BCUT2D eigenvalue weighted by Gasteiger charge is -2.46. The molecule has 3 heteroatoms. The number of rotatable bonds is 4. The van der Waals surface area contributed by atoms with Crippen molar-refractivity contribution in [1.29, 1.82) is 0 Å². The summed E-state index contributed by atoms with van der Waals surface area (Å²) in [6, 6.07) is 86.1. The van der Waals surface area contributed by atoms with Gasteiger partial charge in [-0.25, -0.2) is 0 Å². The molecule has 0 radical (unpaired) electrons. The van der Waals surface area contributed by atoms with Gasteiger partial charge in [-0.3, -0.25) is 0 Å². The Hall–Kier alpha value is -7.85. The molecule has 0 N–H and O–H groups in total. The van der Waals surface area contributed by atoms with Gasteiger partial charge in [0.25, 0.3) is 0 Å². The van der Waals surface area contributed by atoms with Crippen molar-refractivity contribution in [2.45, 2.75) is 15.2 Å². The smallest absolute Gasteiger partial charge is 0.0735 e. The summed E-state index contributed by atoms with van der Waals surface area (Å²) in [4.78, 5) is 5.02. The standard InChI is InChI=1S/C61H38N2S/c1-3-15-42-35-44(29-27-39(42)13-1)62(46-32-34-57-51(37-46)49-20-6-9-25-56(49)63(57)45-30-28-40-14-2-4-16-43(40)36-45)47-31-33-54-59(38-47)64-58-26-10-8-23-53(58)61(54)52-22-7-5-19-48(52)50-21-11-17-41-18-12-24-55(61)60(41)50/h1-38H. The number of para-hydroxylation sites is 1. The quantitative estimate of drug-likeness (QED) is 0.175. The Labute approximate surface area is 375 Å². The van der Waals surface area contributed by atoms with Gasteiger partial charge in [0.2, 0.25) is 0 Å². The van der Waals surface area contributed by atoms with E-state index >= 15 is 0 Å². The van der Waals surface area contributed by atoms with E-state index in [9.17, 15) is 0 Å². The Morgan fingerprint density at radius 2 is 0.922 bits per heavy atom. The average Bonchev–Trinajstić information content (AvgIpc) is 3.69. The molecule has 0 fully saturated rings. The van der Waals surface area contributed by atoms with Crippen molar-refractivity contribution >= 4 is 82.9 Å². The highest BCUT2D eigenvalue weighted by Gasteiger charge is 2.48. The minimum absolute atomic E-state index is 0.503. The molecule has 1 aliphatic carbocycles. The van der Waals surface area contributed by atoms with Crippen molar-refractivity contribution in [1.82, 2.24) is 4.57 Å². The average molecular weight is 831 g/mol. The molecule has 12 aromatic rings. The number of nitrogens with zero attached hydrogens (tertiary/aromatic N) is 2. The maximum absolute atomic E-state index is 2.47. The van der Waals surface area contributed by atoms with Crippen LogP contribution in [0.4, 0.5) is 17.1 Å². The largest absolute Gasteiger partial charge is 0.310 e. The molecular formula is C61H38N2S. The molecule has 1 spiro atoms. The fourth-order valence-electron chi connectivity index (χ4n) is 11.3. The summed E-state index contributed by atoms with van der Waals surface area (Å²) < 4.78 is 2.42. The summed E-state index contributed by atoms with van der Waals surface area (Å²) in [5, 5.41) is 9.99. The predicted octanol–water partition coefficient (Wildman–Crippen LogP) is 16.5. The van der Waals surface area contributed by atoms with Gasteiger partial charge in [0.15, 0.2) is 0 Å². The minimum atomic E-state index is -0.503. The van der Waals surface area contributed by atoms with E-state index < -0.39 is 5.41 Å². The van der Waals surface area contributed by atoms with Gasteiger partial charge < -0.3 is 9.47 Å². The number of anilines is 3. The SMILES string of the molecule is c1ccc2c(c1)Sc1cc(N(c3ccc4ccccc4c3)c3ccc4c(c3)c3ccccc3n4-c3ccc4ccccc4c3)ccc1C21c2ccccc2-c2cccc3cccc1c23. The van der Waals surface area contributed by atoms with Crippen molar-refractivity contribution in [3.63, 3.8) is 0 Å². The molecule has 11 aromatic carbocycles. The zero-order valence-electron chi connectivity index (χ0n) is 34.7. The van der Waals surface area contributed by atoms with Gasteiger partial charge in [-0.1, -0.05) is 176 Å². The van der Waals surface area contributed by atoms with E-state index in [0.717, 1.165) is 22.7 Å². The maximum atomic E-state index is 2.47. The number of hydrogen-bond acceptors (Lipinski definition) is 2. The Kier molecular flexibility index (Phi) is 7.57. The highest BCUT2D eigenvalue weighted by atomic mass is 32.2. The van der Waals surface area contributed by atoms with Crippen LogP contribution in [0.1, 0.15) is 22.3 Å². The van der Waals surface area contributed by atoms with Crippen molar-refractivity contribution in [3.05, 3.63) is 253 Å². The molecular weight excluding hydrogens is 793 g/mol. The zero-order valence-corrected chi connectivity index (χ0v) is 35.6. The van der Waals surface area contributed by atoms with Crippen LogP contribution in [0.25, 0.3) is 70.9 Å². The van der Waals surface area contributed by atoms with E-state index in [1.54, 1.807) is 0 Å². The number of aromatic nitrogens is 1. The molecule has 2 heterocycles. The van der Waals surface area contributed by atoms with Crippen LogP contribution in [-0.2, 0) is 5.41 Å². The van der Waals surface area contributed by atoms with E-state index in [2.05, 4.69) is 240 Å². The number of hydrogen-bond donors (Lipinski definition) is 0. The van der Waals surface area contributed by atoms with E-state index in [0.29, 0.717) is 0 Å².